The number of carbonyl (C=O) groups excluding carboxylic acids is 3. The van der Waals surface area contributed by atoms with E-state index in [0.29, 0.717) is 34.4 Å². The van der Waals surface area contributed by atoms with Gasteiger partial charge >= 0.3 is 5.97 Å². The van der Waals surface area contributed by atoms with Crippen LogP contribution < -0.4 is 10.1 Å². The number of thiophene rings is 1. The van der Waals surface area contributed by atoms with Crippen molar-refractivity contribution in [3.8, 4) is 0 Å². The first-order valence-corrected chi connectivity index (χ1v) is 15.4. The minimum Gasteiger partial charge on any atom is -0.462 e. The predicted molar refractivity (Wildman–Crippen MR) is 154 cm³/mol. The van der Waals surface area contributed by atoms with Crippen molar-refractivity contribution in [1.82, 2.24) is 4.57 Å². The zero-order valence-electron chi connectivity index (χ0n) is 22.1. The third-order valence-corrected chi connectivity index (χ3v) is 9.41. The summed E-state index contributed by atoms with van der Waals surface area (Å²) < 4.78 is 13.6. The Balaban J connectivity index is 1.41. The van der Waals surface area contributed by atoms with Gasteiger partial charge in [-0.1, -0.05) is 24.3 Å². The van der Waals surface area contributed by atoms with E-state index in [1.54, 1.807) is 14.0 Å². The van der Waals surface area contributed by atoms with Crippen molar-refractivity contribution in [2.75, 3.05) is 37.1 Å². The molecule has 1 aliphatic rings. The monoisotopic (exact) mass is 575 g/mol. The Labute approximate surface area is 234 Å². The van der Waals surface area contributed by atoms with Crippen molar-refractivity contribution in [1.29, 1.82) is 0 Å². The van der Waals surface area contributed by atoms with Gasteiger partial charge < -0.3 is 19.4 Å². The van der Waals surface area contributed by atoms with Crippen molar-refractivity contribution in [2.45, 2.75) is 46.6 Å². The van der Waals surface area contributed by atoms with Crippen LogP contribution in [0.4, 0.5) is 5.00 Å². The molecule has 0 bridgehead atoms. The lowest BCUT2D eigenvalue weighted by atomic mass is 9.88. The van der Waals surface area contributed by atoms with E-state index in [1.165, 1.54) is 34.4 Å². The molecule has 38 heavy (non-hydrogen) atoms. The molecule has 2 heterocycles. The summed E-state index contributed by atoms with van der Waals surface area (Å²) in [4.78, 5) is 44.2. The fourth-order valence-electron chi connectivity index (χ4n) is 4.46. The molecule has 1 unspecified atom stereocenters. The fraction of sp³-hybridized carbons (Fsp3) is 0.481. The number of fused-ring (bicyclic) bond motifs is 2. The maximum absolute atomic E-state index is 12.7. The molecular weight excluding hydrogens is 543 g/mol. The summed E-state index contributed by atoms with van der Waals surface area (Å²) >= 11 is 4.13. The lowest BCUT2D eigenvalue weighted by molar-refractivity contribution is -0.115. The topological polar surface area (TPSA) is 99.0 Å². The zero-order chi connectivity index (χ0) is 27.2. The smallest absolute Gasteiger partial charge is 0.341 e. The van der Waals surface area contributed by atoms with Crippen molar-refractivity contribution in [3.63, 3.8) is 0 Å². The molecule has 11 heteroatoms. The first-order valence-electron chi connectivity index (χ1n) is 12.7. The molecular formula is C27H33N3O5S3. The highest BCUT2D eigenvalue weighted by molar-refractivity contribution is 8.00. The van der Waals surface area contributed by atoms with E-state index >= 15 is 0 Å². The van der Waals surface area contributed by atoms with Gasteiger partial charge in [0.2, 0.25) is 5.91 Å². The highest BCUT2D eigenvalue weighted by Gasteiger charge is 2.29. The minimum absolute atomic E-state index is 0.0775. The fourth-order valence-corrected chi connectivity index (χ4v) is 7.64. The summed E-state index contributed by atoms with van der Waals surface area (Å²) in [6.45, 7) is 7.38. The average molecular weight is 576 g/mol. The number of ether oxygens (including phenoxy) is 2. The normalized spacial score (nSPS) is 15.5. The van der Waals surface area contributed by atoms with Crippen molar-refractivity contribution in [3.05, 3.63) is 44.6 Å². The van der Waals surface area contributed by atoms with Crippen molar-refractivity contribution in [2.24, 2.45) is 10.9 Å². The Bertz CT molecular complexity index is 1400. The molecule has 1 N–H and O–H groups in total. The number of thiazole rings is 1. The van der Waals surface area contributed by atoms with Crippen LogP contribution >= 0.6 is 34.4 Å². The molecule has 2 amide bonds. The number of methoxy groups -OCH3 is 1. The van der Waals surface area contributed by atoms with E-state index in [1.807, 2.05) is 23.6 Å². The summed E-state index contributed by atoms with van der Waals surface area (Å²) in [5.74, 6) is -0.246. The number of nitrogens with one attached hydrogen (secondary N) is 1. The molecule has 0 saturated carbocycles. The van der Waals surface area contributed by atoms with E-state index in [4.69, 9.17) is 9.47 Å². The van der Waals surface area contributed by atoms with Gasteiger partial charge in [0.1, 0.15) is 5.00 Å². The highest BCUT2D eigenvalue weighted by Crippen LogP contribution is 2.40. The third-order valence-electron chi connectivity index (χ3n) is 6.28. The van der Waals surface area contributed by atoms with Gasteiger partial charge in [-0.2, -0.15) is 4.99 Å². The van der Waals surface area contributed by atoms with Gasteiger partial charge in [-0.05, 0) is 62.3 Å². The molecule has 0 aliphatic heterocycles. The molecule has 204 valence electrons. The van der Waals surface area contributed by atoms with Crippen LogP contribution in [0, 0.1) is 12.8 Å². The maximum Gasteiger partial charge on any atom is 0.341 e. The number of benzene rings is 1. The molecule has 8 nitrogen and oxygen atoms in total. The lowest BCUT2D eigenvalue weighted by Crippen LogP contribution is -2.20. The second-order valence-corrected chi connectivity index (χ2v) is 12.4. The number of thioether (sulfide) groups is 1. The third kappa shape index (κ3) is 6.74. The van der Waals surface area contributed by atoms with Crippen LogP contribution in [0.3, 0.4) is 0 Å². The number of hydrogen-bond donors (Lipinski definition) is 1. The van der Waals surface area contributed by atoms with Crippen LogP contribution in [0.2, 0.25) is 0 Å². The van der Waals surface area contributed by atoms with Crippen LogP contribution in [0.1, 0.15) is 46.6 Å². The van der Waals surface area contributed by atoms with Gasteiger partial charge in [0.05, 0.1) is 40.5 Å². The minimum atomic E-state index is -0.392. The molecule has 0 fully saturated rings. The molecule has 0 radical (unpaired) electrons. The Morgan fingerprint density at radius 1 is 1.24 bits per heavy atom. The number of aryl methyl sites for hydroxylation is 1. The second kappa shape index (κ2) is 13.1. The highest BCUT2D eigenvalue weighted by atomic mass is 32.2. The molecule has 0 saturated heterocycles. The number of hydrogen-bond acceptors (Lipinski definition) is 8. The van der Waals surface area contributed by atoms with Crippen LogP contribution in [0.5, 0.6) is 0 Å². The van der Waals surface area contributed by atoms with Gasteiger partial charge in [-0.3, -0.25) is 9.59 Å². The molecule has 3 aromatic rings. The summed E-state index contributed by atoms with van der Waals surface area (Å²) in [7, 11) is 1.64. The SMILES string of the molecule is CCOC(=O)c1c(NC(=O)CSCC(=O)N=c2sc3cc(C)ccc3n2CCOC)sc2c1CCC(C)C2. The molecule has 1 aliphatic carbocycles. The van der Waals surface area contributed by atoms with Crippen LogP contribution in [-0.2, 0) is 38.4 Å². The summed E-state index contributed by atoms with van der Waals surface area (Å²) in [6, 6.07) is 6.16. The summed E-state index contributed by atoms with van der Waals surface area (Å²) in [5.41, 5.74) is 3.65. The number of rotatable bonds is 10. The molecule has 1 aromatic carbocycles. The molecule has 4 rings (SSSR count). The quantitative estimate of drug-likeness (QED) is 0.348. The number of carbonyl (C=O) groups is 3. The number of amides is 2. The second-order valence-electron chi connectivity index (χ2n) is 9.32. The van der Waals surface area contributed by atoms with Gasteiger partial charge in [-0.15, -0.1) is 23.1 Å². The van der Waals surface area contributed by atoms with Crippen LogP contribution in [0.25, 0.3) is 10.2 Å². The standard InChI is InChI=1S/C27H33N3O5S3/c1-5-35-26(33)24-18-8-6-16(2)12-20(18)37-25(24)28-22(31)14-36-15-23(32)29-27-30(10-11-34-4)19-9-7-17(3)13-21(19)38-27/h7,9,13,16H,5-6,8,10-12,14-15H2,1-4H3,(H,28,31). The molecule has 1 atom stereocenters. The number of nitrogens with zero attached hydrogens (tertiary/aromatic N) is 2. The Morgan fingerprint density at radius 2 is 2.05 bits per heavy atom. The first kappa shape index (κ1) is 28.5. The Hall–Kier alpha value is -2.47. The Morgan fingerprint density at radius 3 is 2.82 bits per heavy atom. The van der Waals surface area contributed by atoms with Crippen LogP contribution in [0.15, 0.2) is 23.2 Å². The van der Waals surface area contributed by atoms with Crippen molar-refractivity contribution < 1.29 is 23.9 Å². The number of aromatic nitrogens is 1. The average Bonchev–Trinajstić information content (AvgIpc) is 3.38. The van der Waals surface area contributed by atoms with Crippen molar-refractivity contribution >= 4 is 67.4 Å². The van der Waals surface area contributed by atoms with Gasteiger partial charge in [0.25, 0.3) is 5.91 Å². The van der Waals surface area contributed by atoms with Gasteiger partial charge in [0.15, 0.2) is 4.80 Å². The van der Waals surface area contributed by atoms with Gasteiger partial charge in [-0.25, -0.2) is 4.79 Å². The van der Waals surface area contributed by atoms with E-state index in [9.17, 15) is 14.4 Å². The molecule has 0 spiro atoms. The molecule has 2 aromatic heterocycles. The zero-order valence-corrected chi connectivity index (χ0v) is 24.6. The predicted octanol–water partition coefficient (Wildman–Crippen LogP) is 4.82. The lowest BCUT2D eigenvalue weighted by Gasteiger charge is -2.18. The van der Waals surface area contributed by atoms with E-state index in [0.717, 1.165) is 45.5 Å². The van der Waals surface area contributed by atoms with E-state index in [2.05, 4.69) is 23.3 Å². The number of anilines is 1. The Kier molecular flexibility index (Phi) is 9.80. The maximum atomic E-state index is 12.7. The summed E-state index contributed by atoms with van der Waals surface area (Å²) in [6.07, 6.45) is 2.72. The number of esters is 1. The van der Waals surface area contributed by atoms with E-state index in [-0.39, 0.29) is 29.9 Å². The first-order chi connectivity index (χ1) is 18.3. The van der Waals surface area contributed by atoms with Gasteiger partial charge in [0, 0.05) is 18.5 Å². The largest absolute Gasteiger partial charge is 0.462 e. The van der Waals surface area contributed by atoms with Crippen LogP contribution in [-0.4, -0.2) is 54.2 Å². The van der Waals surface area contributed by atoms with E-state index < -0.39 is 5.97 Å². The summed E-state index contributed by atoms with van der Waals surface area (Å²) in [5, 5.41) is 3.45.